The van der Waals surface area contributed by atoms with Crippen LogP contribution in [0.1, 0.15) is 40.0 Å². The topological polar surface area (TPSA) is 60.9 Å². The van der Waals surface area contributed by atoms with Gasteiger partial charge < -0.3 is 14.9 Å². The summed E-state index contributed by atoms with van der Waals surface area (Å²) in [7, 11) is 0. The maximum Gasteiger partial charge on any atom is 0.326 e. The fraction of sp³-hybridized carbons (Fsp3) is 0.857. The molecule has 0 aromatic carbocycles. The van der Waals surface area contributed by atoms with Crippen molar-refractivity contribution in [2.75, 3.05) is 13.1 Å². The molecule has 0 aromatic heterocycles. The lowest BCUT2D eigenvalue weighted by molar-refractivity contribution is -0.142. The molecule has 1 heterocycles. The van der Waals surface area contributed by atoms with E-state index in [9.17, 15) is 14.7 Å². The van der Waals surface area contributed by atoms with Crippen molar-refractivity contribution >= 4 is 12.0 Å². The number of urea groups is 1. The van der Waals surface area contributed by atoms with E-state index in [-0.39, 0.29) is 11.9 Å². The van der Waals surface area contributed by atoms with Gasteiger partial charge in [-0.3, -0.25) is 0 Å². The highest BCUT2D eigenvalue weighted by Gasteiger charge is 2.43. The molecule has 0 aromatic rings. The summed E-state index contributed by atoms with van der Waals surface area (Å²) in [6.07, 6.45) is 2.89. The lowest BCUT2D eigenvalue weighted by atomic mass is 10.0. The second kappa shape index (κ2) is 5.39. The summed E-state index contributed by atoms with van der Waals surface area (Å²) >= 11 is 0. The van der Waals surface area contributed by atoms with E-state index in [0.29, 0.717) is 18.5 Å². The minimum absolute atomic E-state index is 0.0431. The van der Waals surface area contributed by atoms with Crippen LogP contribution in [0.3, 0.4) is 0 Å². The van der Waals surface area contributed by atoms with Gasteiger partial charge in [-0.15, -0.1) is 0 Å². The Morgan fingerprint density at radius 3 is 2.42 bits per heavy atom. The maximum atomic E-state index is 12.6. The molecule has 5 heteroatoms. The molecule has 2 atom stereocenters. The van der Waals surface area contributed by atoms with Crippen LogP contribution in [-0.4, -0.2) is 52.1 Å². The summed E-state index contributed by atoms with van der Waals surface area (Å²) in [5.41, 5.74) is 0. The fourth-order valence-electron chi connectivity index (χ4n) is 2.87. The Hall–Kier alpha value is -1.26. The Balaban J connectivity index is 2.10. The molecule has 0 radical (unpaired) electrons. The van der Waals surface area contributed by atoms with Gasteiger partial charge in [0.15, 0.2) is 0 Å². The van der Waals surface area contributed by atoms with Crippen molar-refractivity contribution in [2.24, 2.45) is 11.8 Å². The van der Waals surface area contributed by atoms with Crippen LogP contribution >= 0.6 is 0 Å². The van der Waals surface area contributed by atoms with Crippen LogP contribution < -0.4 is 0 Å². The number of carbonyl (C=O) groups excluding carboxylic acids is 1. The molecule has 0 bridgehead atoms. The van der Waals surface area contributed by atoms with Gasteiger partial charge in [0.05, 0.1) is 0 Å². The van der Waals surface area contributed by atoms with Crippen molar-refractivity contribution in [2.45, 2.75) is 52.1 Å². The molecule has 1 saturated carbocycles. The second-order valence-corrected chi connectivity index (χ2v) is 6.30. The zero-order valence-electron chi connectivity index (χ0n) is 12.0. The van der Waals surface area contributed by atoms with Crippen LogP contribution in [0.4, 0.5) is 4.79 Å². The van der Waals surface area contributed by atoms with Crippen LogP contribution in [0, 0.1) is 11.8 Å². The number of hydrogen-bond acceptors (Lipinski definition) is 2. The SMILES string of the molecule is CC(C)CN(C(=O)N1CCC(C)C1C(=O)O)C1CC1. The standard InChI is InChI=1S/C14H24N2O3/c1-9(2)8-16(11-4-5-11)14(19)15-7-6-10(3)12(15)13(17)18/h9-12H,4-8H2,1-3H3,(H,17,18). The maximum absolute atomic E-state index is 12.6. The zero-order valence-corrected chi connectivity index (χ0v) is 12.0. The van der Waals surface area contributed by atoms with Crippen molar-refractivity contribution < 1.29 is 14.7 Å². The van der Waals surface area contributed by atoms with E-state index in [0.717, 1.165) is 25.8 Å². The second-order valence-electron chi connectivity index (χ2n) is 6.30. The molecule has 2 aliphatic rings. The van der Waals surface area contributed by atoms with Crippen LogP contribution in [-0.2, 0) is 4.79 Å². The van der Waals surface area contributed by atoms with Crippen LogP contribution in [0.5, 0.6) is 0 Å². The van der Waals surface area contributed by atoms with Crippen molar-refractivity contribution in [1.29, 1.82) is 0 Å². The molecule has 2 unspecified atom stereocenters. The zero-order chi connectivity index (χ0) is 14.2. The highest BCUT2D eigenvalue weighted by Crippen LogP contribution is 2.32. The number of carboxylic acids is 1. The summed E-state index contributed by atoms with van der Waals surface area (Å²) in [6.45, 7) is 7.38. The van der Waals surface area contributed by atoms with Gasteiger partial charge in [0.1, 0.15) is 6.04 Å². The van der Waals surface area contributed by atoms with Crippen LogP contribution in [0.15, 0.2) is 0 Å². The van der Waals surface area contributed by atoms with E-state index >= 15 is 0 Å². The van der Waals surface area contributed by atoms with Crippen LogP contribution in [0.2, 0.25) is 0 Å². The summed E-state index contributed by atoms with van der Waals surface area (Å²) in [6, 6.07) is -0.394. The first-order valence-corrected chi connectivity index (χ1v) is 7.21. The van der Waals surface area contributed by atoms with E-state index in [4.69, 9.17) is 0 Å². The normalized spacial score (nSPS) is 26.8. The van der Waals surface area contributed by atoms with Gasteiger partial charge >= 0.3 is 12.0 Å². The molecule has 2 amide bonds. The first-order valence-electron chi connectivity index (χ1n) is 7.21. The first-order chi connectivity index (χ1) is 8.91. The Kier molecular flexibility index (Phi) is 4.02. The van der Waals surface area contributed by atoms with Gasteiger partial charge in [-0.25, -0.2) is 9.59 Å². The Labute approximate surface area is 114 Å². The predicted molar refractivity (Wildman–Crippen MR) is 71.9 cm³/mol. The molecule has 2 fully saturated rings. The molecule has 2 rings (SSSR count). The average Bonchev–Trinajstić information content (AvgIpc) is 3.07. The van der Waals surface area contributed by atoms with E-state index in [1.165, 1.54) is 0 Å². The van der Waals surface area contributed by atoms with Crippen molar-refractivity contribution in [1.82, 2.24) is 9.80 Å². The molecular weight excluding hydrogens is 244 g/mol. The average molecular weight is 268 g/mol. The quantitative estimate of drug-likeness (QED) is 0.848. The number of likely N-dealkylation sites (tertiary alicyclic amines) is 1. The molecule has 19 heavy (non-hydrogen) atoms. The van der Waals surface area contributed by atoms with Gasteiger partial charge in [0.25, 0.3) is 0 Å². The first kappa shape index (κ1) is 14.2. The number of carboxylic acid groups (broad SMARTS) is 1. The minimum Gasteiger partial charge on any atom is -0.480 e. The van der Waals surface area contributed by atoms with E-state index in [1.54, 1.807) is 4.90 Å². The summed E-state index contributed by atoms with van der Waals surface area (Å²) in [5.74, 6) is -0.423. The number of amides is 2. The van der Waals surface area contributed by atoms with Crippen molar-refractivity contribution in [3.8, 4) is 0 Å². The van der Waals surface area contributed by atoms with Crippen molar-refractivity contribution in [3.05, 3.63) is 0 Å². The van der Waals surface area contributed by atoms with Gasteiger partial charge in [-0.2, -0.15) is 0 Å². The largest absolute Gasteiger partial charge is 0.480 e. The van der Waals surface area contributed by atoms with Gasteiger partial charge in [0, 0.05) is 19.1 Å². The minimum atomic E-state index is -0.876. The highest BCUT2D eigenvalue weighted by atomic mass is 16.4. The number of rotatable bonds is 4. The monoisotopic (exact) mass is 268 g/mol. The summed E-state index contributed by atoms with van der Waals surface area (Å²) in [5, 5.41) is 9.31. The molecule has 108 valence electrons. The van der Waals surface area contributed by atoms with Crippen LogP contribution in [0.25, 0.3) is 0 Å². The molecule has 1 aliphatic carbocycles. The van der Waals surface area contributed by atoms with E-state index < -0.39 is 12.0 Å². The van der Waals surface area contributed by atoms with E-state index in [1.807, 2.05) is 11.8 Å². The lowest BCUT2D eigenvalue weighted by Crippen LogP contribution is -2.50. The number of carbonyl (C=O) groups is 2. The third kappa shape index (κ3) is 3.01. The third-order valence-electron chi connectivity index (χ3n) is 3.99. The number of hydrogen-bond donors (Lipinski definition) is 1. The molecule has 5 nitrogen and oxygen atoms in total. The van der Waals surface area contributed by atoms with Gasteiger partial charge in [0.2, 0.25) is 0 Å². The van der Waals surface area contributed by atoms with Gasteiger partial charge in [-0.05, 0) is 31.1 Å². The number of aliphatic carboxylic acids is 1. The van der Waals surface area contributed by atoms with Crippen molar-refractivity contribution in [3.63, 3.8) is 0 Å². The lowest BCUT2D eigenvalue weighted by Gasteiger charge is -2.32. The Morgan fingerprint density at radius 2 is 1.95 bits per heavy atom. The van der Waals surface area contributed by atoms with Gasteiger partial charge in [-0.1, -0.05) is 20.8 Å². The molecule has 0 spiro atoms. The Bertz CT molecular complexity index is 366. The smallest absolute Gasteiger partial charge is 0.326 e. The fourth-order valence-corrected chi connectivity index (χ4v) is 2.87. The van der Waals surface area contributed by atoms with E-state index in [2.05, 4.69) is 13.8 Å². The molecule has 1 N–H and O–H groups in total. The summed E-state index contributed by atoms with van der Waals surface area (Å²) < 4.78 is 0. The Morgan fingerprint density at radius 1 is 1.32 bits per heavy atom. The molecule has 1 saturated heterocycles. The molecular formula is C14H24N2O3. The predicted octanol–water partition coefficient (Wildman–Crippen LogP) is 2.02. The molecule has 1 aliphatic heterocycles. The highest BCUT2D eigenvalue weighted by molar-refractivity contribution is 5.84. The number of nitrogens with zero attached hydrogens (tertiary/aromatic N) is 2. The third-order valence-corrected chi connectivity index (χ3v) is 3.99. The summed E-state index contributed by atoms with van der Waals surface area (Å²) in [4.78, 5) is 27.4.